The maximum Gasteiger partial charge on any atom is 0.335 e. The van der Waals surface area contributed by atoms with Crippen molar-refractivity contribution in [2.45, 2.75) is 27.3 Å². The summed E-state index contributed by atoms with van der Waals surface area (Å²) >= 11 is 1.39. The van der Waals surface area contributed by atoms with Crippen LogP contribution in [-0.2, 0) is 16.1 Å². The minimum absolute atomic E-state index is 0.0917. The Labute approximate surface area is 187 Å². The Balaban J connectivity index is 2.10. The van der Waals surface area contributed by atoms with Crippen molar-refractivity contribution in [3.63, 3.8) is 0 Å². The maximum absolute atomic E-state index is 13.5. The lowest BCUT2D eigenvalue weighted by atomic mass is 10.1. The Kier molecular flexibility index (Phi) is 5.62. The Hall–Kier alpha value is -3.79. The van der Waals surface area contributed by atoms with E-state index >= 15 is 0 Å². The van der Waals surface area contributed by atoms with Gasteiger partial charge in [0.15, 0.2) is 17.2 Å². The summed E-state index contributed by atoms with van der Waals surface area (Å²) < 4.78 is 7.53. The molecule has 0 aliphatic rings. The standard InChI is InChI=1S/C22H21N5O4S/c1-4-31-16(28)11-26-18-17(19(23)29)24-20(15-6-5-9-32-15)25-21(18)27(22(26)30)14-8-7-12(2)13(3)10-14/h5-10H,4,11H2,1-3H3,(H2,23,29). The Morgan fingerprint density at radius 2 is 1.94 bits per heavy atom. The van der Waals surface area contributed by atoms with E-state index in [1.807, 2.05) is 43.5 Å². The van der Waals surface area contributed by atoms with E-state index in [0.29, 0.717) is 10.6 Å². The molecule has 0 fully saturated rings. The van der Waals surface area contributed by atoms with Gasteiger partial charge in [-0.15, -0.1) is 11.3 Å². The van der Waals surface area contributed by atoms with Crippen LogP contribution in [-0.4, -0.2) is 37.6 Å². The van der Waals surface area contributed by atoms with E-state index in [4.69, 9.17) is 10.5 Å². The van der Waals surface area contributed by atoms with Crippen LogP contribution in [0.5, 0.6) is 0 Å². The van der Waals surface area contributed by atoms with E-state index in [9.17, 15) is 14.4 Å². The van der Waals surface area contributed by atoms with Crippen molar-refractivity contribution in [2.75, 3.05) is 6.61 Å². The summed E-state index contributed by atoms with van der Waals surface area (Å²) in [4.78, 5) is 47.7. The van der Waals surface area contributed by atoms with Crippen LogP contribution >= 0.6 is 11.3 Å². The number of aromatic nitrogens is 4. The van der Waals surface area contributed by atoms with Crippen molar-refractivity contribution < 1.29 is 14.3 Å². The number of ether oxygens (including phenoxy) is 1. The van der Waals surface area contributed by atoms with Crippen LogP contribution in [0.1, 0.15) is 28.5 Å². The number of hydrogen-bond acceptors (Lipinski definition) is 7. The summed E-state index contributed by atoms with van der Waals surface area (Å²) in [6, 6.07) is 9.17. The van der Waals surface area contributed by atoms with Gasteiger partial charge in [-0.2, -0.15) is 0 Å². The monoisotopic (exact) mass is 451 g/mol. The quantitative estimate of drug-likeness (QED) is 0.450. The summed E-state index contributed by atoms with van der Waals surface area (Å²) in [6.45, 7) is 5.33. The van der Waals surface area contributed by atoms with Crippen LogP contribution in [0, 0.1) is 13.8 Å². The average Bonchev–Trinajstić information content (AvgIpc) is 3.37. The van der Waals surface area contributed by atoms with Crippen LogP contribution in [0.4, 0.5) is 0 Å². The number of amides is 1. The molecule has 0 saturated heterocycles. The van der Waals surface area contributed by atoms with Gasteiger partial charge in [0.2, 0.25) is 0 Å². The third kappa shape index (κ3) is 3.69. The topological polar surface area (TPSA) is 122 Å². The van der Waals surface area contributed by atoms with Crippen LogP contribution in [0.15, 0.2) is 40.5 Å². The molecule has 2 N–H and O–H groups in total. The largest absolute Gasteiger partial charge is 0.465 e. The molecule has 0 radical (unpaired) electrons. The van der Waals surface area contributed by atoms with Gasteiger partial charge in [0, 0.05) is 0 Å². The van der Waals surface area contributed by atoms with Crippen LogP contribution in [0.3, 0.4) is 0 Å². The van der Waals surface area contributed by atoms with Crippen molar-refractivity contribution in [2.24, 2.45) is 5.73 Å². The number of esters is 1. The maximum atomic E-state index is 13.5. The van der Waals surface area contributed by atoms with Crippen LogP contribution < -0.4 is 11.4 Å². The van der Waals surface area contributed by atoms with E-state index in [2.05, 4.69) is 9.97 Å². The molecule has 10 heteroatoms. The van der Waals surface area contributed by atoms with Gasteiger partial charge in [0.05, 0.1) is 17.2 Å². The number of aryl methyl sites for hydroxylation is 2. The predicted molar refractivity (Wildman–Crippen MR) is 121 cm³/mol. The van der Waals surface area contributed by atoms with Gasteiger partial charge in [-0.25, -0.2) is 19.3 Å². The lowest BCUT2D eigenvalue weighted by molar-refractivity contribution is -0.143. The molecule has 0 bridgehead atoms. The SMILES string of the molecule is CCOC(=O)Cn1c(=O)n(-c2ccc(C)c(C)c2)c2nc(-c3cccs3)nc(C(N)=O)c21. The number of rotatable bonds is 6. The first-order valence-electron chi connectivity index (χ1n) is 9.92. The molecule has 3 aromatic heterocycles. The number of primary amides is 1. The van der Waals surface area contributed by atoms with Gasteiger partial charge in [-0.1, -0.05) is 12.1 Å². The molecule has 4 aromatic rings. The molecule has 9 nitrogen and oxygen atoms in total. The number of carbonyl (C=O) groups is 2. The van der Waals surface area contributed by atoms with E-state index in [-0.39, 0.29) is 29.3 Å². The van der Waals surface area contributed by atoms with Crippen LogP contribution in [0.2, 0.25) is 0 Å². The highest BCUT2D eigenvalue weighted by Crippen LogP contribution is 2.26. The van der Waals surface area contributed by atoms with E-state index in [1.54, 1.807) is 13.0 Å². The Morgan fingerprint density at radius 1 is 1.16 bits per heavy atom. The van der Waals surface area contributed by atoms with Crippen molar-refractivity contribution in [3.05, 3.63) is 63.0 Å². The normalized spacial score (nSPS) is 11.1. The molecular formula is C22H21N5O4S. The molecule has 4 rings (SSSR count). The number of fused-ring (bicyclic) bond motifs is 1. The summed E-state index contributed by atoms with van der Waals surface area (Å²) in [5.41, 5.74) is 7.82. The van der Waals surface area contributed by atoms with Crippen molar-refractivity contribution >= 4 is 34.4 Å². The summed E-state index contributed by atoms with van der Waals surface area (Å²) in [5.74, 6) is -1.18. The van der Waals surface area contributed by atoms with Gasteiger partial charge in [0.25, 0.3) is 5.91 Å². The number of nitrogens with two attached hydrogens (primary N) is 1. The second-order valence-electron chi connectivity index (χ2n) is 7.19. The van der Waals surface area contributed by atoms with Crippen molar-refractivity contribution in [1.29, 1.82) is 0 Å². The average molecular weight is 452 g/mol. The van der Waals surface area contributed by atoms with Gasteiger partial charge in [-0.3, -0.25) is 14.2 Å². The molecule has 0 aliphatic heterocycles. The number of hydrogen-bond donors (Lipinski definition) is 1. The number of carbonyl (C=O) groups excluding carboxylic acids is 2. The molecule has 1 amide bonds. The molecule has 0 atom stereocenters. The minimum Gasteiger partial charge on any atom is -0.465 e. The molecule has 1 aromatic carbocycles. The lowest BCUT2D eigenvalue weighted by Gasteiger charge is -2.08. The highest BCUT2D eigenvalue weighted by atomic mass is 32.1. The Bertz CT molecular complexity index is 1400. The Morgan fingerprint density at radius 3 is 2.56 bits per heavy atom. The van der Waals surface area contributed by atoms with E-state index in [0.717, 1.165) is 15.7 Å². The van der Waals surface area contributed by atoms with Crippen molar-refractivity contribution in [3.8, 4) is 16.4 Å². The molecule has 32 heavy (non-hydrogen) atoms. The predicted octanol–water partition coefficient (Wildman–Crippen LogP) is 2.59. The van der Waals surface area contributed by atoms with E-state index < -0.39 is 24.1 Å². The van der Waals surface area contributed by atoms with Crippen molar-refractivity contribution in [1.82, 2.24) is 19.1 Å². The number of nitrogens with zero attached hydrogens (tertiary/aromatic N) is 4. The lowest BCUT2D eigenvalue weighted by Crippen LogP contribution is -2.28. The number of imidazole rings is 1. The molecule has 0 unspecified atom stereocenters. The first-order chi connectivity index (χ1) is 15.3. The highest BCUT2D eigenvalue weighted by molar-refractivity contribution is 7.13. The van der Waals surface area contributed by atoms with Gasteiger partial charge in [-0.05, 0) is 55.5 Å². The zero-order valence-electron chi connectivity index (χ0n) is 17.8. The first kappa shape index (κ1) is 21.4. The minimum atomic E-state index is -0.829. The molecular weight excluding hydrogens is 430 g/mol. The summed E-state index contributed by atoms with van der Waals surface area (Å²) in [6.07, 6.45) is 0. The molecule has 0 saturated carbocycles. The fourth-order valence-electron chi connectivity index (χ4n) is 3.42. The van der Waals surface area contributed by atoms with Crippen LogP contribution in [0.25, 0.3) is 27.6 Å². The fourth-order valence-corrected chi connectivity index (χ4v) is 4.08. The molecule has 164 valence electrons. The highest BCUT2D eigenvalue weighted by Gasteiger charge is 2.26. The third-order valence-electron chi connectivity index (χ3n) is 5.09. The molecule has 0 aliphatic carbocycles. The zero-order chi connectivity index (χ0) is 23.0. The fraction of sp³-hybridized carbons (Fsp3) is 0.227. The van der Waals surface area contributed by atoms with Gasteiger partial charge in [0.1, 0.15) is 12.1 Å². The number of benzene rings is 1. The first-order valence-corrected chi connectivity index (χ1v) is 10.8. The summed E-state index contributed by atoms with van der Waals surface area (Å²) in [7, 11) is 0. The summed E-state index contributed by atoms with van der Waals surface area (Å²) in [5, 5.41) is 1.86. The molecule has 0 spiro atoms. The second-order valence-corrected chi connectivity index (χ2v) is 8.13. The third-order valence-corrected chi connectivity index (χ3v) is 5.95. The second kappa shape index (κ2) is 8.39. The molecule has 3 heterocycles. The van der Waals surface area contributed by atoms with E-state index in [1.165, 1.54) is 15.9 Å². The smallest absolute Gasteiger partial charge is 0.335 e. The number of thiophene rings is 1. The van der Waals surface area contributed by atoms with Gasteiger partial charge < -0.3 is 10.5 Å². The zero-order valence-corrected chi connectivity index (χ0v) is 18.6. The van der Waals surface area contributed by atoms with Gasteiger partial charge >= 0.3 is 11.7 Å².